The molecule has 0 saturated heterocycles. The second kappa shape index (κ2) is 27.3. The Hall–Kier alpha value is -0.970. The van der Waals surface area contributed by atoms with Crippen LogP contribution in [0.25, 0.3) is 0 Å². The van der Waals surface area contributed by atoms with E-state index in [1.165, 1.54) is 13.0 Å². The van der Waals surface area contributed by atoms with Crippen LogP contribution in [0.4, 0.5) is 0 Å². The Bertz CT molecular complexity index is 629. The molecular formula is C21H26Na2O4. The molecule has 136 valence electrons. The molecule has 0 aliphatic heterocycles. The van der Waals surface area contributed by atoms with Crippen molar-refractivity contribution < 1.29 is 78.6 Å². The zero-order valence-corrected chi connectivity index (χ0v) is 20.4. The summed E-state index contributed by atoms with van der Waals surface area (Å²) in [5.41, 5.74) is 2.38. The van der Waals surface area contributed by atoms with Crippen LogP contribution >= 0.6 is 0 Å². The zero-order chi connectivity index (χ0) is 18.8. The molecule has 0 N–H and O–H groups in total. The van der Waals surface area contributed by atoms with Gasteiger partial charge < -0.3 is 9.90 Å². The molecule has 0 aromatic rings. The number of aliphatic carboxylic acids is 1. The van der Waals surface area contributed by atoms with Gasteiger partial charge in [0.2, 0.25) is 0 Å². The first-order valence-electron chi connectivity index (χ1n) is 7.13. The van der Waals surface area contributed by atoms with Crippen molar-refractivity contribution in [1.82, 2.24) is 0 Å². The number of carboxylic acid groups (broad SMARTS) is 1. The van der Waals surface area contributed by atoms with Gasteiger partial charge in [-0.2, -0.15) is 9.59 Å². The molecule has 0 radical (unpaired) electrons. The van der Waals surface area contributed by atoms with E-state index in [4.69, 9.17) is 9.59 Å². The summed E-state index contributed by atoms with van der Waals surface area (Å²) in [7, 11) is 0. The Labute approximate surface area is 207 Å². The molecule has 0 unspecified atom stereocenters. The minimum absolute atomic E-state index is 0. The van der Waals surface area contributed by atoms with E-state index in [1.54, 1.807) is 6.08 Å². The fraction of sp³-hybridized carbons (Fsp3) is 0.238. The van der Waals surface area contributed by atoms with Crippen molar-refractivity contribution in [2.45, 2.75) is 35.1 Å². The molecular weight excluding hydrogens is 362 g/mol. The van der Waals surface area contributed by atoms with Gasteiger partial charge in [0, 0.05) is 0 Å². The summed E-state index contributed by atoms with van der Waals surface area (Å²) < 4.78 is 0. The summed E-state index contributed by atoms with van der Waals surface area (Å²) >= 11 is 0. The summed E-state index contributed by atoms with van der Waals surface area (Å²) in [6.45, 7) is 7.33. The van der Waals surface area contributed by atoms with Crippen LogP contribution in [0.1, 0.15) is 35.1 Å². The minimum Gasteiger partial charge on any atom is -0.545 e. The monoisotopic (exact) mass is 388 g/mol. The SMILES string of the molecule is C.C[C-]=C/C=C/C(C)=C/C=C/C=C(C)/C=C/C=C(\C)C(=O)[O-].O=C=O.[Na+].[Na+]. The van der Waals surface area contributed by atoms with Crippen LogP contribution in [-0.4, -0.2) is 12.1 Å². The van der Waals surface area contributed by atoms with Gasteiger partial charge in [0.25, 0.3) is 0 Å². The number of rotatable bonds is 7. The molecule has 0 fully saturated rings. The van der Waals surface area contributed by atoms with E-state index in [-0.39, 0.29) is 78.3 Å². The van der Waals surface area contributed by atoms with Crippen LogP contribution in [0.15, 0.2) is 77.5 Å². The van der Waals surface area contributed by atoms with Gasteiger partial charge in [0.15, 0.2) is 0 Å². The Morgan fingerprint density at radius 1 is 0.852 bits per heavy atom. The van der Waals surface area contributed by atoms with E-state index in [1.807, 2.05) is 69.4 Å². The fourth-order valence-corrected chi connectivity index (χ4v) is 1.23. The van der Waals surface area contributed by atoms with E-state index in [2.05, 4.69) is 6.08 Å². The fourth-order valence-electron chi connectivity index (χ4n) is 1.23. The van der Waals surface area contributed by atoms with Crippen LogP contribution in [0.3, 0.4) is 0 Å². The van der Waals surface area contributed by atoms with Gasteiger partial charge in [-0.05, 0) is 26.3 Å². The topological polar surface area (TPSA) is 74.3 Å². The van der Waals surface area contributed by atoms with E-state index < -0.39 is 5.97 Å². The van der Waals surface area contributed by atoms with Crippen LogP contribution in [0.5, 0.6) is 0 Å². The molecule has 0 heterocycles. The quantitative estimate of drug-likeness (QED) is 0.213. The third kappa shape index (κ3) is 30.0. The molecule has 0 atom stereocenters. The van der Waals surface area contributed by atoms with Crippen LogP contribution in [0.2, 0.25) is 0 Å². The maximum absolute atomic E-state index is 10.5. The molecule has 0 aliphatic carbocycles. The summed E-state index contributed by atoms with van der Waals surface area (Å²) in [6.07, 6.45) is 21.9. The molecule has 6 heteroatoms. The summed E-state index contributed by atoms with van der Waals surface area (Å²) in [5.74, 6) is -1.15. The summed E-state index contributed by atoms with van der Waals surface area (Å²) in [4.78, 5) is 26.7. The van der Waals surface area contributed by atoms with E-state index in [0.717, 1.165) is 11.1 Å². The smallest absolute Gasteiger partial charge is 0.545 e. The van der Waals surface area contributed by atoms with Gasteiger partial charge in [0.05, 0.1) is 5.97 Å². The first-order valence-corrected chi connectivity index (χ1v) is 7.13. The standard InChI is InChI=1S/C19H23O2.CO2.CH4.2Na/c1-5-6-7-11-16(2)12-8-9-13-17(3)14-10-15-18(4)19(20)21;2-1-3;;;/h6-15H,1-4H3,(H,20,21);;1H4;;/q-1;;;2*+1/p-1/b9-8+,11-7+,14-10+,16-12+,17-13+,18-15+;;;;. The van der Waals surface area contributed by atoms with Crippen molar-refractivity contribution in [2.24, 2.45) is 0 Å². The van der Waals surface area contributed by atoms with Gasteiger partial charge in [0.1, 0.15) is 0 Å². The molecule has 0 amide bonds. The normalized spacial score (nSPS) is 12.1. The van der Waals surface area contributed by atoms with Gasteiger partial charge in [-0.1, -0.05) is 61.1 Å². The number of allylic oxidation sites excluding steroid dienone is 13. The molecule has 4 nitrogen and oxygen atoms in total. The average molecular weight is 388 g/mol. The van der Waals surface area contributed by atoms with Gasteiger partial charge in [-0.25, -0.2) is 12.2 Å². The predicted molar refractivity (Wildman–Crippen MR) is 98.9 cm³/mol. The number of hydrogen-bond donors (Lipinski definition) is 0. The van der Waals surface area contributed by atoms with Gasteiger partial charge >= 0.3 is 65.3 Å². The maximum Gasteiger partial charge on any atom is 1.00 e. The van der Waals surface area contributed by atoms with Crippen molar-refractivity contribution in [2.75, 3.05) is 0 Å². The average Bonchev–Trinajstić information content (AvgIpc) is 2.52. The predicted octanol–water partition coefficient (Wildman–Crippen LogP) is -2.32. The van der Waals surface area contributed by atoms with Crippen molar-refractivity contribution in [3.05, 3.63) is 83.6 Å². The van der Waals surface area contributed by atoms with Crippen molar-refractivity contribution >= 4 is 12.1 Å². The Morgan fingerprint density at radius 3 is 1.63 bits per heavy atom. The van der Waals surface area contributed by atoms with Gasteiger partial charge in [-0.15, -0.1) is 13.0 Å². The van der Waals surface area contributed by atoms with Crippen LogP contribution < -0.4 is 64.2 Å². The summed E-state index contributed by atoms with van der Waals surface area (Å²) in [5, 5.41) is 10.5. The third-order valence-corrected chi connectivity index (χ3v) is 2.48. The molecule has 0 bridgehead atoms. The third-order valence-electron chi connectivity index (χ3n) is 2.48. The minimum atomic E-state index is -1.15. The van der Waals surface area contributed by atoms with E-state index in [0.29, 0.717) is 0 Å². The molecule has 0 saturated carbocycles. The number of carbonyl (C=O) groups excluding carboxylic acids is 3. The maximum atomic E-state index is 10.5. The van der Waals surface area contributed by atoms with Crippen molar-refractivity contribution in [3.63, 3.8) is 0 Å². The van der Waals surface area contributed by atoms with E-state index >= 15 is 0 Å². The van der Waals surface area contributed by atoms with Gasteiger partial charge in [-0.3, -0.25) is 6.08 Å². The molecule has 0 aromatic heterocycles. The largest absolute Gasteiger partial charge is 1.00 e. The second-order valence-corrected chi connectivity index (χ2v) is 4.60. The molecule has 0 rings (SSSR count). The molecule has 0 aliphatic rings. The Kier molecular flexibility index (Phi) is 37.2. The van der Waals surface area contributed by atoms with Crippen LogP contribution in [-0.2, 0) is 14.4 Å². The second-order valence-electron chi connectivity index (χ2n) is 4.60. The number of carbonyl (C=O) groups is 1. The van der Waals surface area contributed by atoms with Crippen molar-refractivity contribution in [3.8, 4) is 0 Å². The summed E-state index contributed by atoms with van der Waals surface area (Å²) in [6, 6.07) is 0. The Balaban J connectivity index is -0.000000251. The van der Waals surface area contributed by atoms with E-state index in [9.17, 15) is 9.90 Å². The Morgan fingerprint density at radius 2 is 1.26 bits per heavy atom. The van der Waals surface area contributed by atoms with Crippen molar-refractivity contribution in [1.29, 1.82) is 0 Å². The molecule has 0 aromatic carbocycles. The molecule has 0 spiro atoms. The number of carboxylic acids is 1. The first-order chi connectivity index (χ1) is 11.4. The molecule has 27 heavy (non-hydrogen) atoms. The zero-order valence-electron chi connectivity index (χ0n) is 16.4. The first kappa shape index (κ1) is 36.9. The number of hydrogen-bond acceptors (Lipinski definition) is 4. The van der Waals surface area contributed by atoms with Crippen LogP contribution in [0, 0.1) is 6.08 Å².